The van der Waals surface area contributed by atoms with Gasteiger partial charge in [-0.2, -0.15) is 0 Å². The van der Waals surface area contributed by atoms with Crippen molar-refractivity contribution in [2.24, 2.45) is 11.8 Å². The van der Waals surface area contributed by atoms with E-state index < -0.39 is 0 Å². The van der Waals surface area contributed by atoms with E-state index in [-0.39, 0.29) is 0 Å². The van der Waals surface area contributed by atoms with E-state index in [1.54, 1.807) is 0 Å². The molecule has 1 saturated carbocycles. The van der Waals surface area contributed by atoms with Gasteiger partial charge in [-0.15, -0.1) is 0 Å². The summed E-state index contributed by atoms with van der Waals surface area (Å²) in [6.45, 7) is 4.48. The highest BCUT2D eigenvalue weighted by Crippen LogP contribution is 2.34. The third-order valence-electron chi connectivity index (χ3n) is 4.48. The van der Waals surface area contributed by atoms with E-state index in [0.717, 1.165) is 0 Å². The third-order valence-corrected chi connectivity index (χ3v) is 4.48. The lowest BCUT2D eigenvalue weighted by Gasteiger charge is -2.10. The summed E-state index contributed by atoms with van der Waals surface area (Å²) in [6, 6.07) is 0. The molecular weight excluding hydrogens is 220 g/mol. The van der Waals surface area contributed by atoms with E-state index in [4.69, 9.17) is 0 Å². The van der Waals surface area contributed by atoms with Crippen LogP contribution >= 0.6 is 0 Å². The summed E-state index contributed by atoms with van der Waals surface area (Å²) in [4.78, 5) is 12.2. The molecule has 1 heteroatoms. The summed E-state index contributed by atoms with van der Waals surface area (Å²) in [6.07, 6.45) is 15.2. The summed E-state index contributed by atoms with van der Waals surface area (Å²) < 4.78 is 0. The van der Waals surface area contributed by atoms with Gasteiger partial charge in [0.25, 0.3) is 0 Å². The van der Waals surface area contributed by atoms with Gasteiger partial charge in [0.2, 0.25) is 0 Å². The summed E-state index contributed by atoms with van der Waals surface area (Å²) in [5, 5.41) is 0. The van der Waals surface area contributed by atoms with Crippen LogP contribution in [0.5, 0.6) is 0 Å². The Hall–Kier alpha value is -0.330. The second-order valence-corrected chi connectivity index (χ2v) is 6.07. The molecule has 1 fully saturated rings. The molecule has 0 heterocycles. The lowest BCUT2D eigenvalue weighted by Crippen LogP contribution is -2.14. The molecule has 0 bridgehead atoms. The molecule has 1 aliphatic carbocycles. The fourth-order valence-corrected chi connectivity index (χ4v) is 3.23. The maximum Gasteiger partial charge on any atom is 0.139 e. The van der Waals surface area contributed by atoms with Crippen LogP contribution in [-0.4, -0.2) is 5.78 Å². The lowest BCUT2D eigenvalue weighted by molar-refractivity contribution is -0.124. The molecule has 0 aromatic carbocycles. The first-order chi connectivity index (χ1) is 8.79. The van der Waals surface area contributed by atoms with Gasteiger partial charge >= 0.3 is 0 Å². The highest BCUT2D eigenvalue weighted by molar-refractivity contribution is 5.85. The number of hydrogen-bond acceptors (Lipinski definition) is 1. The first kappa shape index (κ1) is 15.7. The zero-order valence-corrected chi connectivity index (χ0v) is 12.5. The summed E-state index contributed by atoms with van der Waals surface area (Å²) in [7, 11) is 0. The van der Waals surface area contributed by atoms with Gasteiger partial charge in [0, 0.05) is 11.8 Å². The van der Waals surface area contributed by atoms with Gasteiger partial charge in [0.1, 0.15) is 5.78 Å². The fraction of sp³-hybridized carbons (Fsp3) is 0.941. The second-order valence-electron chi connectivity index (χ2n) is 6.07. The quantitative estimate of drug-likeness (QED) is 0.468. The van der Waals surface area contributed by atoms with Gasteiger partial charge < -0.3 is 0 Å². The lowest BCUT2D eigenvalue weighted by atomic mass is 9.94. The van der Waals surface area contributed by atoms with Crippen molar-refractivity contribution < 1.29 is 4.79 Å². The van der Waals surface area contributed by atoms with Crippen LogP contribution in [0.15, 0.2) is 0 Å². The Labute approximate surface area is 114 Å². The normalized spacial score (nSPS) is 23.8. The molecule has 1 nitrogen and oxygen atoms in total. The molecule has 2 atom stereocenters. The number of carbonyl (C=O) groups excluding carboxylic acids is 1. The SMILES string of the molecule is CCCCCCCC1CCC(CCCCC)C1=O. The average Bonchev–Trinajstić information content (AvgIpc) is 2.71. The van der Waals surface area contributed by atoms with E-state index in [9.17, 15) is 4.79 Å². The van der Waals surface area contributed by atoms with Crippen molar-refractivity contribution in [3.05, 3.63) is 0 Å². The summed E-state index contributed by atoms with van der Waals surface area (Å²) in [5.41, 5.74) is 0. The van der Waals surface area contributed by atoms with Crippen LogP contribution in [0.25, 0.3) is 0 Å². The van der Waals surface area contributed by atoms with Gasteiger partial charge in [-0.3, -0.25) is 4.79 Å². The Morgan fingerprint density at radius 1 is 0.778 bits per heavy atom. The number of rotatable bonds is 10. The van der Waals surface area contributed by atoms with Gasteiger partial charge in [-0.25, -0.2) is 0 Å². The number of hydrogen-bond donors (Lipinski definition) is 0. The molecule has 0 saturated heterocycles. The van der Waals surface area contributed by atoms with Crippen molar-refractivity contribution in [3.63, 3.8) is 0 Å². The molecule has 0 radical (unpaired) electrons. The number of ketones is 1. The zero-order chi connectivity index (χ0) is 13.2. The van der Waals surface area contributed by atoms with E-state index in [0.29, 0.717) is 17.6 Å². The van der Waals surface area contributed by atoms with Crippen molar-refractivity contribution in [2.45, 2.75) is 90.9 Å². The van der Waals surface area contributed by atoms with Crippen LogP contribution in [-0.2, 0) is 4.79 Å². The van der Waals surface area contributed by atoms with E-state index in [2.05, 4.69) is 13.8 Å². The minimum Gasteiger partial charge on any atom is -0.299 e. The predicted molar refractivity (Wildman–Crippen MR) is 78.7 cm³/mol. The predicted octanol–water partition coefficient (Wildman–Crippen LogP) is 5.52. The molecule has 0 amide bonds. The molecule has 106 valence electrons. The molecule has 0 aromatic rings. The van der Waals surface area contributed by atoms with Crippen molar-refractivity contribution >= 4 is 5.78 Å². The molecule has 0 aliphatic heterocycles. The first-order valence-electron chi connectivity index (χ1n) is 8.33. The molecule has 2 unspecified atom stereocenters. The minimum absolute atomic E-state index is 0.428. The number of Topliss-reactive ketones (excluding diaryl/α,β-unsaturated/α-hetero) is 1. The molecule has 18 heavy (non-hydrogen) atoms. The van der Waals surface area contributed by atoms with Gasteiger partial charge in [-0.05, 0) is 25.7 Å². The van der Waals surface area contributed by atoms with Crippen molar-refractivity contribution in [3.8, 4) is 0 Å². The Morgan fingerprint density at radius 3 is 1.78 bits per heavy atom. The molecule has 0 aromatic heterocycles. The molecule has 1 aliphatic rings. The Balaban J connectivity index is 2.11. The monoisotopic (exact) mass is 252 g/mol. The topological polar surface area (TPSA) is 17.1 Å². The second kappa shape index (κ2) is 9.58. The maximum absolute atomic E-state index is 12.2. The van der Waals surface area contributed by atoms with Crippen LogP contribution in [0, 0.1) is 11.8 Å². The van der Waals surface area contributed by atoms with E-state index in [1.807, 2.05) is 0 Å². The smallest absolute Gasteiger partial charge is 0.139 e. The van der Waals surface area contributed by atoms with Crippen LogP contribution in [0.3, 0.4) is 0 Å². The minimum atomic E-state index is 0.428. The average molecular weight is 252 g/mol. The van der Waals surface area contributed by atoms with Crippen molar-refractivity contribution in [2.75, 3.05) is 0 Å². The maximum atomic E-state index is 12.2. The van der Waals surface area contributed by atoms with E-state index in [1.165, 1.54) is 77.0 Å². The largest absolute Gasteiger partial charge is 0.299 e. The summed E-state index contributed by atoms with van der Waals surface area (Å²) in [5.74, 6) is 1.47. The number of unbranched alkanes of at least 4 members (excludes halogenated alkanes) is 6. The van der Waals surface area contributed by atoms with Crippen molar-refractivity contribution in [1.29, 1.82) is 0 Å². The Bertz CT molecular complexity index is 222. The highest BCUT2D eigenvalue weighted by Gasteiger charge is 2.32. The Morgan fingerprint density at radius 2 is 1.22 bits per heavy atom. The zero-order valence-electron chi connectivity index (χ0n) is 12.5. The van der Waals surface area contributed by atoms with Gasteiger partial charge in [-0.1, -0.05) is 65.2 Å². The van der Waals surface area contributed by atoms with E-state index >= 15 is 0 Å². The van der Waals surface area contributed by atoms with Crippen LogP contribution in [0.1, 0.15) is 90.9 Å². The van der Waals surface area contributed by atoms with Crippen LogP contribution in [0.4, 0.5) is 0 Å². The molecule has 0 spiro atoms. The van der Waals surface area contributed by atoms with Crippen LogP contribution in [0.2, 0.25) is 0 Å². The number of carbonyl (C=O) groups is 1. The molecule has 1 rings (SSSR count). The van der Waals surface area contributed by atoms with Gasteiger partial charge in [0.15, 0.2) is 0 Å². The first-order valence-corrected chi connectivity index (χ1v) is 8.33. The standard InChI is InChI=1S/C17H32O/c1-3-5-7-8-10-12-16-14-13-15(17(16)18)11-9-6-4-2/h15-16H,3-14H2,1-2H3. The van der Waals surface area contributed by atoms with Crippen molar-refractivity contribution in [1.82, 2.24) is 0 Å². The Kier molecular flexibility index (Phi) is 8.37. The fourth-order valence-electron chi connectivity index (χ4n) is 3.23. The molecular formula is C17H32O. The summed E-state index contributed by atoms with van der Waals surface area (Å²) >= 11 is 0. The molecule has 0 N–H and O–H groups in total. The van der Waals surface area contributed by atoms with Gasteiger partial charge in [0.05, 0.1) is 0 Å². The van der Waals surface area contributed by atoms with Crippen LogP contribution < -0.4 is 0 Å². The highest BCUT2D eigenvalue weighted by atomic mass is 16.1. The third kappa shape index (κ3) is 5.54.